The highest BCUT2D eigenvalue weighted by Gasteiger charge is 2.63. The smallest absolute Gasteiger partial charge is 0.248 e. The molecule has 4 bridgehead atoms. The number of carbonyl (C=O) groups excluding carboxylic acids is 1. The summed E-state index contributed by atoms with van der Waals surface area (Å²) in [4.78, 5) is 14.2. The largest absolute Gasteiger partial charge is 0.339 e. The lowest BCUT2D eigenvalue weighted by Gasteiger charge is -2.42. The van der Waals surface area contributed by atoms with Crippen LogP contribution >= 0.6 is 0 Å². The van der Waals surface area contributed by atoms with Gasteiger partial charge in [-0.2, -0.15) is 0 Å². The normalized spacial score (nSPS) is 49.5. The summed E-state index contributed by atoms with van der Waals surface area (Å²) in [6.07, 6.45) is 7.15. The van der Waals surface area contributed by atoms with E-state index >= 15 is 0 Å². The quantitative estimate of drug-likeness (QED) is 0.551. The maximum absolute atomic E-state index is 12.2. The number of amides is 1. The maximum Gasteiger partial charge on any atom is 0.248 e. The predicted octanol–water partition coefficient (Wildman–Crippen LogP) is 3.09. The average Bonchev–Trinajstić information content (AvgIpc) is 3.12. The third-order valence-corrected chi connectivity index (χ3v) is 6.88. The van der Waals surface area contributed by atoms with Crippen molar-refractivity contribution >= 4 is 5.91 Å². The van der Waals surface area contributed by atoms with E-state index in [2.05, 4.69) is 6.58 Å². The van der Waals surface area contributed by atoms with Gasteiger partial charge in [0.25, 0.3) is 0 Å². The van der Waals surface area contributed by atoms with Crippen molar-refractivity contribution < 1.29 is 4.79 Å². The van der Waals surface area contributed by atoms with Crippen LogP contribution in [0.2, 0.25) is 0 Å². The van der Waals surface area contributed by atoms with Crippen molar-refractivity contribution in [3.63, 3.8) is 0 Å². The molecule has 19 heavy (non-hydrogen) atoms. The van der Waals surface area contributed by atoms with Crippen molar-refractivity contribution in [2.24, 2.45) is 35.5 Å². The monoisotopic (exact) mass is 259 g/mol. The molecule has 4 saturated carbocycles. The zero-order chi connectivity index (χ0) is 13.3. The van der Waals surface area contributed by atoms with Gasteiger partial charge in [-0.3, -0.25) is 4.79 Å². The van der Waals surface area contributed by atoms with Gasteiger partial charge < -0.3 is 4.90 Å². The molecule has 0 N–H and O–H groups in total. The highest BCUT2D eigenvalue weighted by atomic mass is 16.2. The van der Waals surface area contributed by atoms with E-state index in [9.17, 15) is 4.79 Å². The van der Waals surface area contributed by atoms with Crippen LogP contribution in [-0.2, 0) is 4.79 Å². The minimum absolute atomic E-state index is 0.164. The van der Waals surface area contributed by atoms with Crippen molar-refractivity contribution in [1.82, 2.24) is 4.90 Å². The third-order valence-electron chi connectivity index (χ3n) is 6.88. The lowest BCUT2D eigenvalue weighted by atomic mass is 9.69. The molecule has 0 saturated heterocycles. The van der Waals surface area contributed by atoms with Gasteiger partial charge in [-0.1, -0.05) is 6.58 Å². The highest BCUT2D eigenvalue weighted by molar-refractivity contribution is 5.92. The Bertz CT molecular complexity index is 443. The number of carbonyl (C=O) groups is 1. The van der Waals surface area contributed by atoms with E-state index in [1.54, 1.807) is 0 Å². The van der Waals surface area contributed by atoms with Crippen LogP contribution in [0.5, 0.6) is 0 Å². The number of likely N-dealkylation sites (N-methyl/N-ethyl adjacent to an activating group) is 1. The Hall–Kier alpha value is -0.790. The van der Waals surface area contributed by atoms with Gasteiger partial charge in [0.15, 0.2) is 0 Å². The molecule has 0 heterocycles. The lowest BCUT2D eigenvalue weighted by molar-refractivity contribution is -0.129. The highest BCUT2D eigenvalue weighted by Crippen LogP contribution is 2.67. The van der Waals surface area contributed by atoms with Gasteiger partial charge in [0.2, 0.25) is 5.91 Å². The Morgan fingerprint density at radius 1 is 1.05 bits per heavy atom. The van der Waals surface area contributed by atoms with E-state index in [0.29, 0.717) is 11.6 Å². The molecule has 0 aromatic carbocycles. The van der Waals surface area contributed by atoms with Gasteiger partial charge in [-0.15, -0.1) is 0 Å². The number of nitrogens with zero attached hydrogens (tertiary/aromatic N) is 1. The molecule has 0 aromatic heterocycles. The fraction of sp³-hybridized carbons (Fsp3) is 0.824. The van der Waals surface area contributed by atoms with Crippen LogP contribution in [0, 0.1) is 35.5 Å². The van der Waals surface area contributed by atoms with E-state index in [1.807, 2.05) is 18.9 Å². The topological polar surface area (TPSA) is 20.3 Å². The fourth-order valence-electron chi connectivity index (χ4n) is 6.43. The summed E-state index contributed by atoms with van der Waals surface area (Å²) in [6.45, 7) is 5.66. The molecule has 104 valence electrons. The van der Waals surface area contributed by atoms with Gasteiger partial charge in [0, 0.05) is 18.7 Å². The summed E-state index contributed by atoms with van der Waals surface area (Å²) < 4.78 is 0. The molecule has 0 radical (unpaired) electrons. The molecule has 0 spiro atoms. The number of hydrogen-bond donors (Lipinski definition) is 0. The molecular formula is C17H25NO. The van der Waals surface area contributed by atoms with E-state index in [-0.39, 0.29) is 5.91 Å². The molecule has 7 atom stereocenters. The van der Waals surface area contributed by atoms with Gasteiger partial charge in [0.05, 0.1) is 0 Å². The molecule has 0 aromatic rings. The summed E-state index contributed by atoms with van der Waals surface area (Å²) in [5.41, 5.74) is 0.690. The van der Waals surface area contributed by atoms with E-state index in [0.717, 1.165) is 35.5 Å². The van der Waals surface area contributed by atoms with Crippen molar-refractivity contribution in [2.75, 3.05) is 7.05 Å². The summed E-state index contributed by atoms with van der Waals surface area (Å²) in [5.74, 6) is 5.94. The average molecular weight is 259 g/mol. The minimum Gasteiger partial charge on any atom is -0.339 e. The van der Waals surface area contributed by atoms with Gasteiger partial charge in [-0.25, -0.2) is 0 Å². The summed E-state index contributed by atoms with van der Waals surface area (Å²) in [5, 5.41) is 0. The Morgan fingerprint density at radius 2 is 1.74 bits per heavy atom. The zero-order valence-electron chi connectivity index (χ0n) is 12.1. The molecule has 4 aliphatic rings. The predicted molar refractivity (Wildman–Crippen MR) is 75.4 cm³/mol. The standard InChI is InChI=1S/C17H25NO/c1-9(2)17(19)18(3)14-8-12-7-13(14)16-11-5-4-10(6-11)15(12)16/h10-16H,1,4-8H2,2-3H3. The van der Waals surface area contributed by atoms with Gasteiger partial charge in [0.1, 0.15) is 0 Å². The fourth-order valence-corrected chi connectivity index (χ4v) is 6.43. The van der Waals surface area contributed by atoms with Crippen molar-refractivity contribution in [1.29, 1.82) is 0 Å². The first-order chi connectivity index (χ1) is 9.08. The van der Waals surface area contributed by atoms with Gasteiger partial charge >= 0.3 is 0 Å². The third kappa shape index (κ3) is 1.46. The van der Waals surface area contributed by atoms with Crippen LogP contribution in [-0.4, -0.2) is 23.9 Å². The number of fused-ring (bicyclic) bond motifs is 9. The SMILES string of the molecule is C=C(C)C(=O)N(C)C1CC2CC1C1C3CCC(C3)C21. The van der Waals surface area contributed by atoms with E-state index in [4.69, 9.17) is 0 Å². The molecule has 2 nitrogen and oxygen atoms in total. The number of hydrogen-bond acceptors (Lipinski definition) is 1. The molecule has 0 aliphatic heterocycles. The van der Waals surface area contributed by atoms with Crippen LogP contribution in [0.1, 0.15) is 39.0 Å². The Morgan fingerprint density at radius 3 is 2.42 bits per heavy atom. The first-order valence-corrected chi connectivity index (χ1v) is 8.00. The molecule has 2 heteroatoms. The first kappa shape index (κ1) is 12.0. The maximum atomic E-state index is 12.2. The van der Waals surface area contributed by atoms with Crippen molar-refractivity contribution in [2.45, 2.75) is 45.1 Å². The summed E-state index contributed by atoms with van der Waals surface area (Å²) in [7, 11) is 2.00. The molecule has 4 aliphatic carbocycles. The lowest BCUT2D eigenvalue weighted by Crippen LogP contribution is -2.46. The zero-order valence-corrected chi connectivity index (χ0v) is 12.1. The van der Waals surface area contributed by atoms with Gasteiger partial charge in [-0.05, 0) is 74.5 Å². The van der Waals surface area contributed by atoms with Crippen molar-refractivity contribution in [3.8, 4) is 0 Å². The molecule has 7 unspecified atom stereocenters. The summed E-state index contributed by atoms with van der Waals surface area (Å²) in [6, 6.07) is 0.509. The molecule has 4 rings (SSSR count). The first-order valence-electron chi connectivity index (χ1n) is 8.00. The number of rotatable bonds is 2. The second-order valence-corrected chi connectivity index (χ2v) is 7.65. The van der Waals surface area contributed by atoms with Crippen LogP contribution < -0.4 is 0 Å². The molecule has 4 fully saturated rings. The molecule has 1 amide bonds. The minimum atomic E-state index is 0.164. The van der Waals surface area contributed by atoms with Crippen LogP contribution in [0.4, 0.5) is 0 Å². The Kier molecular flexibility index (Phi) is 2.44. The van der Waals surface area contributed by atoms with Crippen molar-refractivity contribution in [3.05, 3.63) is 12.2 Å². The van der Waals surface area contributed by atoms with Crippen LogP contribution in [0.15, 0.2) is 12.2 Å². The second kappa shape index (κ2) is 3.86. The summed E-state index contributed by atoms with van der Waals surface area (Å²) >= 11 is 0. The molecular weight excluding hydrogens is 234 g/mol. The second-order valence-electron chi connectivity index (χ2n) is 7.65. The van der Waals surface area contributed by atoms with Crippen LogP contribution in [0.3, 0.4) is 0 Å². The Balaban J connectivity index is 1.56. The Labute approximate surface area is 116 Å². The van der Waals surface area contributed by atoms with E-state index in [1.165, 1.54) is 32.1 Å². The van der Waals surface area contributed by atoms with Crippen LogP contribution in [0.25, 0.3) is 0 Å². The van der Waals surface area contributed by atoms with E-state index < -0.39 is 0 Å².